The van der Waals surface area contributed by atoms with Crippen molar-refractivity contribution in [3.8, 4) is 0 Å². The first kappa shape index (κ1) is 10.0. The molecule has 1 fully saturated rings. The van der Waals surface area contributed by atoms with Gasteiger partial charge >= 0.3 is 0 Å². The molecule has 0 aromatic carbocycles. The van der Waals surface area contributed by atoms with Crippen molar-refractivity contribution in [2.75, 3.05) is 19.7 Å². The molecule has 1 aliphatic heterocycles. The molecule has 0 bridgehead atoms. The molecule has 0 unspecified atom stereocenters. The summed E-state index contributed by atoms with van der Waals surface area (Å²) in [7, 11) is 0. The lowest BCUT2D eigenvalue weighted by molar-refractivity contribution is 0.0812. The van der Waals surface area contributed by atoms with Gasteiger partial charge in [0.05, 0.1) is 6.10 Å². The van der Waals surface area contributed by atoms with Crippen LogP contribution in [0, 0.1) is 6.10 Å². The molecule has 2 nitrogen and oxygen atoms in total. The van der Waals surface area contributed by atoms with E-state index in [0.29, 0.717) is 6.04 Å². The third-order valence-electron chi connectivity index (χ3n) is 2.43. The van der Waals surface area contributed by atoms with E-state index in [-0.39, 0.29) is 0 Å². The molecule has 12 heavy (non-hydrogen) atoms. The summed E-state index contributed by atoms with van der Waals surface area (Å²) >= 11 is 0. The van der Waals surface area contributed by atoms with Crippen LogP contribution in [0.15, 0.2) is 0 Å². The largest absolute Gasteiger partial charge is 0.372 e. The van der Waals surface area contributed by atoms with Gasteiger partial charge in [0.2, 0.25) is 0 Å². The van der Waals surface area contributed by atoms with E-state index in [4.69, 9.17) is 4.74 Å². The minimum absolute atomic E-state index is 0.688. The minimum atomic E-state index is 0.688. The summed E-state index contributed by atoms with van der Waals surface area (Å²) in [5.74, 6) is 0. The maximum absolute atomic E-state index is 5.50. The molecule has 0 spiro atoms. The lowest BCUT2D eigenvalue weighted by Crippen LogP contribution is -2.38. The van der Waals surface area contributed by atoms with Crippen molar-refractivity contribution < 1.29 is 4.74 Å². The zero-order chi connectivity index (χ0) is 8.97. The Kier molecular flexibility index (Phi) is 4.02. The summed E-state index contributed by atoms with van der Waals surface area (Å²) < 4.78 is 5.50. The van der Waals surface area contributed by atoms with Crippen LogP contribution in [0.1, 0.15) is 33.6 Å². The summed E-state index contributed by atoms with van der Waals surface area (Å²) in [5.41, 5.74) is 0. The van der Waals surface area contributed by atoms with E-state index in [1.54, 1.807) is 0 Å². The van der Waals surface area contributed by atoms with Crippen LogP contribution in [-0.4, -0.2) is 30.6 Å². The number of likely N-dealkylation sites (tertiary alicyclic amines) is 1. The number of piperidine rings is 1. The summed E-state index contributed by atoms with van der Waals surface area (Å²) in [4.78, 5) is 2.50. The topological polar surface area (TPSA) is 12.5 Å². The van der Waals surface area contributed by atoms with Gasteiger partial charge in [0, 0.05) is 25.7 Å². The smallest absolute Gasteiger partial charge is 0.0995 e. The van der Waals surface area contributed by atoms with E-state index in [1.807, 2.05) is 0 Å². The average molecular weight is 170 g/mol. The highest BCUT2D eigenvalue weighted by Crippen LogP contribution is 2.21. The molecular weight excluding hydrogens is 150 g/mol. The molecule has 2 heteroatoms. The van der Waals surface area contributed by atoms with Crippen LogP contribution >= 0.6 is 0 Å². The Morgan fingerprint density at radius 1 is 1.33 bits per heavy atom. The van der Waals surface area contributed by atoms with Gasteiger partial charge in [0.15, 0.2) is 0 Å². The van der Waals surface area contributed by atoms with Crippen LogP contribution in [0.2, 0.25) is 0 Å². The van der Waals surface area contributed by atoms with E-state index in [0.717, 1.165) is 19.4 Å². The van der Waals surface area contributed by atoms with Crippen molar-refractivity contribution in [2.45, 2.75) is 39.7 Å². The molecule has 71 valence electrons. The molecule has 1 rings (SSSR count). The Hall–Kier alpha value is -0.0800. The molecule has 0 aliphatic carbocycles. The van der Waals surface area contributed by atoms with Gasteiger partial charge < -0.3 is 9.64 Å². The van der Waals surface area contributed by atoms with Crippen molar-refractivity contribution in [2.24, 2.45) is 0 Å². The molecule has 0 amide bonds. The van der Waals surface area contributed by atoms with Crippen molar-refractivity contribution in [1.82, 2.24) is 4.90 Å². The Bertz CT molecular complexity index is 117. The van der Waals surface area contributed by atoms with E-state index in [9.17, 15) is 0 Å². The number of hydrogen-bond acceptors (Lipinski definition) is 2. The zero-order valence-electron chi connectivity index (χ0n) is 8.47. The van der Waals surface area contributed by atoms with Crippen LogP contribution in [-0.2, 0) is 4.74 Å². The van der Waals surface area contributed by atoms with E-state index < -0.39 is 0 Å². The fourth-order valence-electron chi connectivity index (χ4n) is 1.64. The van der Waals surface area contributed by atoms with Gasteiger partial charge in [-0.1, -0.05) is 0 Å². The molecule has 1 heterocycles. The highest BCUT2D eigenvalue weighted by molar-refractivity contribution is 4.87. The van der Waals surface area contributed by atoms with Gasteiger partial charge in [-0.3, -0.25) is 0 Å². The standard InChI is InChI=1S/C10H20NO/c1-4-12-10-5-7-11(8-6-10)9(2)3/h9H,4-8H2,1-3H3. The Labute approximate surface area is 75.9 Å². The number of nitrogens with zero attached hydrogens (tertiary/aromatic N) is 1. The zero-order valence-corrected chi connectivity index (χ0v) is 8.47. The SMILES string of the molecule is CCO[C]1CCN(C(C)C)CC1. The third-order valence-corrected chi connectivity index (χ3v) is 2.43. The molecule has 0 atom stereocenters. The molecule has 1 saturated heterocycles. The van der Waals surface area contributed by atoms with Gasteiger partial charge in [-0.25, -0.2) is 0 Å². The second-order valence-electron chi connectivity index (χ2n) is 3.60. The summed E-state index contributed by atoms with van der Waals surface area (Å²) in [6.45, 7) is 9.75. The third kappa shape index (κ3) is 2.76. The minimum Gasteiger partial charge on any atom is -0.372 e. The molecule has 0 N–H and O–H groups in total. The van der Waals surface area contributed by atoms with Gasteiger partial charge in [0.25, 0.3) is 0 Å². The van der Waals surface area contributed by atoms with Gasteiger partial charge in [-0.05, 0) is 33.6 Å². The van der Waals surface area contributed by atoms with E-state index in [2.05, 4.69) is 25.7 Å². The van der Waals surface area contributed by atoms with Crippen LogP contribution in [0.5, 0.6) is 0 Å². The normalized spacial score (nSPS) is 22.0. The molecule has 0 saturated carbocycles. The molecule has 0 aromatic heterocycles. The summed E-state index contributed by atoms with van der Waals surface area (Å²) in [6, 6.07) is 0.688. The predicted molar refractivity (Wildman–Crippen MR) is 50.8 cm³/mol. The van der Waals surface area contributed by atoms with Crippen LogP contribution in [0.4, 0.5) is 0 Å². The van der Waals surface area contributed by atoms with E-state index >= 15 is 0 Å². The monoisotopic (exact) mass is 170 g/mol. The predicted octanol–water partition coefficient (Wildman–Crippen LogP) is 2.06. The Morgan fingerprint density at radius 3 is 2.33 bits per heavy atom. The quantitative estimate of drug-likeness (QED) is 0.643. The van der Waals surface area contributed by atoms with Crippen molar-refractivity contribution >= 4 is 0 Å². The van der Waals surface area contributed by atoms with Crippen molar-refractivity contribution in [3.05, 3.63) is 6.10 Å². The summed E-state index contributed by atoms with van der Waals surface area (Å²) in [5, 5.41) is 0. The van der Waals surface area contributed by atoms with Crippen LogP contribution in [0.25, 0.3) is 0 Å². The van der Waals surface area contributed by atoms with Gasteiger partial charge in [0.1, 0.15) is 0 Å². The van der Waals surface area contributed by atoms with Crippen LogP contribution in [0.3, 0.4) is 0 Å². The second kappa shape index (κ2) is 4.83. The number of rotatable bonds is 3. The van der Waals surface area contributed by atoms with Crippen LogP contribution < -0.4 is 0 Å². The first-order valence-electron chi connectivity index (χ1n) is 4.95. The second-order valence-corrected chi connectivity index (χ2v) is 3.60. The molecule has 0 aromatic rings. The maximum atomic E-state index is 5.50. The fourth-order valence-corrected chi connectivity index (χ4v) is 1.64. The summed E-state index contributed by atoms with van der Waals surface area (Å²) in [6.07, 6.45) is 3.56. The highest BCUT2D eigenvalue weighted by Gasteiger charge is 2.21. The average Bonchev–Trinajstić information content (AvgIpc) is 2.06. The van der Waals surface area contributed by atoms with Gasteiger partial charge in [-0.2, -0.15) is 0 Å². The van der Waals surface area contributed by atoms with Gasteiger partial charge in [-0.15, -0.1) is 0 Å². The molecule has 1 aliphatic rings. The number of ether oxygens (including phenoxy) is 1. The maximum Gasteiger partial charge on any atom is 0.0995 e. The molecular formula is C10H20NO. The first-order valence-corrected chi connectivity index (χ1v) is 4.95. The highest BCUT2D eigenvalue weighted by atomic mass is 16.5. The Morgan fingerprint density at radius 2 is 1.92 bits per heavy atom. The lowest BCUT2D eigenvalue weighted by atomic mass is 10.1. The molecule has 1 radical (unpaired) electrons. The van der Waals surface area contributed by atoms with E-state index in [1.165, 1.54) is 19.2 Å². The first-order chi connectivity index (χ1) is 5.74. The lowest BCUT2D eigenvalue weighted by Gasteiger charge is -2.33. The van der Waals surface area contributed by atoms with Crippen molar-refractivity contribution in [3.63, 3.8) is 0 Å². The Balaban J connectivity index is 2.20. The fraction of sp³-hybridized carbons (Fsp3) is 0.900. The van der Waals surface area contributed by atoms with Crippen molar-refractivity contribution in [1.29, 1.82) is 0 Å². The number of hydrogen-bond donors (Lipinski definition) is 0.